The topological polar surface area (TPSA) is 108 Å². The molecule has 1 aliphatic rings. The number of carbonyl (C=O) groups is 4. The molecule has 1 saturated heterocycles. The van der Waals surface area contributed by atoms with Gasteiger partial charge in [-0.05, 0) is 43.7 Å². The number of rotatable bonds is 11. The van der Waals surface area contributed by atoms with Crippen LogP contribution in [0, 0.1) is 11.3 Å². The normalized spacial score (nSPS) is 18.3. The Morgan fingerprint density at radius 2 is 1.64 bits per heavy atom. The van der Waals surface area contributed by atoms with E-state index in [2.05, 4.69) is 10.6 Å². The van der Waals surface area contributed by atoms with Crippen molar-refractivity contribution in [2.75, 3.05) is 27.7 Å². The Bertz CT molecular complexity index is 1140. The fourth-order valence-corrected chi connectivity index (χ4v) is 6.04. The van der Waals surface area contributed by atoms with Crippen LogP contribution in [0.2, 0.25) is 0 Å². The Hall–Kier alpha value is -3.20. The summed E-state index contributed by atoms with van der Waals surface area (Å²) >= 11 is 0. The van der Waals surface area contributed by atoms with Crippen molar-refractivity contribution < 1.29 is 23.9 Å². The number of nitrogens with one attached hydrogen (secondary N) is 2. The van der Waals surface area contributed by atoms with Crippen molar-refractivity contribution in [1.82, 2.24) is 20.4 Å². The Morgan fingerprint density at radius 1 is 1.05 bits per heavy atom. The van der Waals surface area contributed by atoms with E-state index in [0.717, 1.165) is 5.56 Å². The Labute approximate surface area is 252 Å². The molecule has 234 valence electrons. The summed E-state index contributed by atoms with van der Waals surface area (Å²) in [5, 5.41) is 6.03. The van der Waals surface area contributed by atoms with Crippen LogP contribution in [0.1, 0.15) is 73.8 Å². The molecule has 3 amide bonds. The Balaban J connectivity index is 2.71. The summed E-state index contributed by atoms with van der Waals surface area (Å²) in [7, 11) is 4.65. The monoisotopic (exact) mass is 584 g/mol. The number of likely N-dealkylation sites (N-methyl/N-ethyl adjacent to an activating group) is 2. The van der Waals surface area contributed by atoms with E-state index < -0.39 is 41.0 Å². The van der Waals surface area contributed by atoms with Gasteiger partial charge >= 0.3 is 5.97 Å². The van der Waals surface area contributed by atoms with Crippen LogP contribution in [-0.2, 0) is 29.3 Å². The molecule has 0 aliphatic carbocycles. The lowest BCUT2D eigenvalue weighted by molar-refractivity contribution is -0.150. The predicted molar refractivity (Wildman–Crippen MR) is 166 cm³/mol. The number of ether oxygens (including phenoxy) is 1. The molecule has 0 aromatic heterocycles. The molecule has 2 rings (SSSR count). The first-order chi connectivity index (χ1) is 19.5. The number of hydrogen-bond acceptors (Lipinski definition) is 6. The molecule has 4 atom stereocenters. The number of amides is 3. The Kier molecular flexibility index (Phi) is 11.9. The molecule has 0 unspecified atom stereocenters. The summed E-state index contributed by atoms with van der Waals surface area (Å²) in [5.74, 6) is -1.37. The van der Waals surface area contributed by atoms with Gasteiger partial charge in [0.25, 0.3) is 0 Å². The van der Waals surface area contributed by atoms with E-state index in [1.165, 1.54) is 7.11 Å². The number of likely N-dealkylation sites (tertiary alicyclic amines) is 1. The highest BCUT2D eigenvalue weighted by atomic mass is 16.5. The third-order valence-electron chi connectivity index (χ3n) is 8.37. The third-order valence-corrected chi connectivity index (χ3v) is 8.37. The van der Waals surface area contributed by atoms with Crippen LogP contribution in [0.4, 0.5) is 0 Å². The maximum Gasteiger partial charge on any atom is 0.328 e. The summed E-state index contributed by atoms with van der Waals surface area (Å²) < 4.78 is 4.94. The minimum absolute atomic E-state index is 0.140. The molecule has 1 fully saturated rings. The van der Waals surface area contributed by atoms with Gasteiger partial charge in [-0.1, -0.05) is 84.9 Å². The first-order valence-corrected chi connectivity index (χ1v) is 14.9. The van der Waals surface area contributed by atoms with Crippen molar-refractivity contribution in [2.24, 2.45) is 11.3 Å². The van der Waals surface area contributed by atoms with Crippen LogP contribution < -0.4 is 10.6 Å². The highest BCUT2D eigenvalue weighted by Gasteiger charge is 2.47. The van der Waals surface area contributed by atoms with E-state index >= 15 is 0 Å². The smallest absolute Gasteiger partial charge is 0.328 e. The summed E-state index contributed by atoms with van der Waals surface area (Å²) in [6, 6.07) is 7.09. The van der Waals surface area contributed by atoms with E-state index in [-0.39, 0.29) is 23.6 Å². The SMILES string of the molecule is CNC(=O)[C@@H](N(C(=O)[C@@H](NC)C(C)(C)c1ccccc1)[C@H](/C=C(\C)C(=O)N1CCC[C@H]1C(=O)OC)C(C)C)C(C)(C)C. The van der Waals surface area contributed by atoms with Crippen LogP contribution in [0.5, 0.6) is 0 Å². The van der Waals surface area contributed by atoms with Crippen molar-refractivity contribution in [3.8, 4) is 0 Å². The molecule has 0 spiro atoms. The van der Waals surface area contributed by atoms with Crippen LogP contribution in [0.25, 0.3) is 0 Å². The molecule has 2 N–H and O–H groups in total. The molecule has 0 bridgehead atoms. The second-order valence-electron chi connectivity index (χ2n) is 13.2. The van der Waals surface area contributed by atoms with Gasteiger partial charge < -0.3 is 25.2 Å². The van der Waals surface area contributed by atoms with Crippen LogP contribution in [0.15, 0.2) is 42.0 Å². The molecule has 42 heavy (non-hydrogen) atoms. The number of nitrogens with zero attached hydrogens (tertiary/aromatic N) is 2. The minimum atomic E-state index is -0.835. The van der Waals surface area contributed by atoms with Gasteiger partial charge in [-0.25, -0.2) is 4.79 Å². The van der Waals surface area contributed by atoms with Gasteiger partial charge in [0.2, 0.25) is 17.7 Å². The largest absolute Gasteiger partial charge is 0.467 e. The molecular weight excluding hydrogens is 532 g/mol. The quantitative estimate of drug-likeness (QED) is 0.304. The molecular formula is C33H52N4O5. The maximum atomic E-state index is 14.8. The maximum absolute atomic E-state index is 14.8. The minimum Gasteiger partial charge on any atom is -0.467 e. The highest BCUT2D eigenvalue weighted by molar-refractivity contribution is 5.96. The van der Waals surface area contributed by atoms with Gasteiger partial charge in [0.05, 0.1) is 19.2 Å². The lowest BCUT2D eigenvalue weighted by Crippen LogP contribution is -2.65. The van der Waals surface area contributed by atoms with Crippen molar-refractivity contribution in [3.63, 3.8) is 0 Å². The zero-order chi connectivity index (χ0) is 32.0. The van der Waals surface area contributed by atoms with Gasteiger partial charge in [0, 0.05) is 24.6 Å². The van der Waals surface area contributed by atoms with Gasteiger partial charge in [0.15, 0.2) is 0 Å². The van der Waals surface area contributed by atoms with E-state index in [1.807, 2.05) is 78.8 Å². The van der Waals surface area contributed by atoms with E-state index in [1.54, 1.807) is 36.9 Å². The summed E-state index contributed by atoms with van der Waals surface area (Å²) in [6.07, 6.45) is 3.05. The van der Waals surface area contributed by atoms with Gasteiger partial charge in [-0.3, -0.25) is 14.4 Å². The van der Waals surface area contributed by atoms with Crippen LogP contribution >= 0.6 is 0 Å². The van der Waals surface area contributed by atoms with Gasteiger partial charge in [-0.15, -0.1) is 0 Å². The van der Waals surface area contributed by atoms with E-state index in [9.17, 15) is 19.2 Å². The number of methoxy groups -OCH3 is 1. The fourth-order valence-electron chi connectivity index (χ4n) is 6.04. The van der Waals surface area contributed by atoms with Crippen molar-refractivity contribution >= 4 is 23.7 Å². The standard InChI is InChI=1S/C33H52N4O5/c1-21(2)25(20-22(3)29(39)36-19-15-18-24(36)31(41)42-11)37(27(28(38)35-10)32(4,5)6)30(40)26(34-9)33(7,8)23-16-13-12-14-17-23/h12-14,16-17,20-21,24-27,34H,15,18-19H2,1-11H3,(H,35,38)/b22-20+/t24-,25+,26+,27+/m0/s1. The van der Waals surface area contributed by atoms with Gasteiger partial charge in [0.1, 0.15) is 12.1 Å². The van der Waals surface area contributed by atoms with Crippen molar-refractivity contribution in [2.45, 2.75) is 97.8 Å². The number of benzene rings is 1. The number of carbonyl (C=O) groups excluding carboxylic acids is 4. The van der Waals surface area contributed by atoms with Gasteiger partial charge in [-0.2, -0.15) is 0 Å². The third kappa shape index (κ3) is 7.60. The van der Waals surface area contributed by atoms with E-state index in [0.29, 0.717) is 25.0 Å². The average molecular weight is 585 g/mol. The molecule has 0 radical (unpaired) electrons. The first kappa shape index (κ1) is 35.0. The molecule has 1 aromatic carbocycles. The zero-order valence-corrected chi connectivity index (χ0v) is 27.4. The van der Waals surface area contributed by atoms with Crippen LogP contribution in [0.3, 0.4) is 0 Å². The average Bonchev–Trinajstić information content (AvgIpc) is 3.43. The summed E-state index contributed by atoms with van der Waals surface area (Å²) in [6.45, 7) is 16.0. The molecule has 0 saturated carbocycles. The number of hydrogen-bond donors (Lipinski definition) is 2. The highest BCUT2D eigenvalue weighted by Crippen LogP contribution is 2.34. The summed E-state index contributed by atoms with van der Waals surface area (Å²) in [5.41, 5.74) is 0.135. The fraction of sp³-hybridized carbons (Fsp3) is 0.636. The molecule has 9 nitrogen and oxygen atoms in total. The lowest BCUT2D eigenvalue weighted by atomic mass is 9.75. The Morgan fingerprint density at radius 3 is 2.12 bits per heavy atom. The second kappa shape index (κ2) is 14.3. The number of esters is 1. The molecule has 1 aromatic rings. The zero-order valence-electron chi connectivity index (χ0n) is 27.4. The molecule has 1 heterocycles. The van der Waals surface area contributed by atoms with Crippen molar-refractivity contribution in [1.29, 1.82) is 0 Å². The molecule has 1 aliphatic heterocycles. The van der Waals surface area contributed by atoms with Crippen molar-refractivity contribution in [3.05, 3.63) is 47.5 Å². The predicted octanol–water partition coefficient (Wildman–Crippen LogP) is 3.68. The molecule has 9 heteroatoms. The van der Waals surface area contributed by atoms with Crippen LogP contribution in [-0.4, -0.2) is 85.4 Å². The summed E-state index contributed by atoms with van der Waals surface area (Å²) in [4.78, 5) is 57.7. The lowest BCUT2D eigenvalue weighted by Gasteiger charge is -2.47. The second-order valence-corrected chi connectivity index (χ2v) is 13.2. The first-order valence-electron chi connectivity index (χ1n) is 14.9. The van der Waals surface area contributed by atoms with E-state index in [4.69, 9.17) is 4.74 Å².